The molecule has 0 heterocycles. The van der Waals surface area contributed by atoms with E-state index in [1.807, 2.05) is 0 Å². The van der Waals surface area contributed by atoms with Gasteiger partial charge in [0, 0.05) is 19.3 Å². The average Bonchev–Trinajstić information content (AvgIpc) is 3.37. The molecule has 0 aromatic rings. The summed E-state index contributed by atoms with van der Waals surface area (Å²) in [4.78, 5) is 38.2. The highest BCUT2D eigenvalue weighted by Gasteiger charge is 2.19. The van der Waals surface area contributed by atoms with Crippen molar-refractivity contribution in [1.29, 1.82) is 0 Å². The van der Waals surface area contributed by atoms with Gasteiger partial charge in [-0.05, 0) is 135 Å². The molecule has 6 nitrogen and oxygen atoms in total. The summed E-state index contributed by atoms with van der Waals surface area (Å²) in [6.07, 6.45) is 81.5. The number of esters is 3. The first kappa shape index (κ1) is 66.6. The summed E-state index contributed by atoms with van der Waals surface area (Å²) in [6.45, 7) is 6.33. The highest BCUT2D eigenvalue weighted by atomic mass is 16.6. The summed E-state index contributed by atoms with van der Waals surface area (Å²) in [5.74, 6) is -0.992. The Balaban J connectivity index is 4.54. The number of rotatable bonds is 50. The Kier molecular flexibility index (Phi) is 54.5. The van der Waals surface area contributed by atoms with Crippen molar-refractivity contribution in [3.8, 4) is 0 Å². The van der Waals surface area contributed by atoms with E-state index >= 15 is 0 Å². The van der Waals surface area contributed by atoms with Gasteiger partial charge in [-0.3, -0.25) is 14.4 Å². The molecule has 0 spiro atoms. The summed E-state index contributed by atoms with van der Waals surface area (Å²) in [7, 11) is 0. The Morgan fingerprint density at radius 3 is 0.901 bits per heavy atom. The Morgan fingerprint density at radius 2 is 0.549 bits per heavy atom. The molecule has 0 aliphatic rings. The predicted octanol–water partition coefficient (Wildman–Crippen LogP) is 19.4. The second-order valence-electron chi connectivity index (χ2n) is 18.4. The summed E-state index contributed by atoms with van der Waals surface area (Å²) in [5.41, 5.74) is 0. The number of carbonyl (C=O) groups is 3. The molecule has 1 unspecified atom stereocenters. The molecular weight excluding hydrogens is 877 g/mol. The Hall–Kier alpha value is -4.45. The fraction of sp³-hybridized carbons (Fsp3) is 0.615. The van der Waals surface area contributed by atoms with Crippen LogP contribution in [0.2, 0.25) is 0 Å². The smallest absolute Gasteiger partial charge is 0.306 e. The maximum atomic E-state index is 12.9. The molecule has 0 bridgehead atoms. The molecule has 0 fully saturated rings. The first-order valence-corrected chi connectivity index (χ1v) is 28.7. The van der Waals surface area contributed by atoms with Crippen molar-refractivity contribution in [3.63, 3.8) is 0 Å². The third-order valence-electron chi connectivity index (χ3n) is 11.6. The van der Waals surface area contributed by atoms with Crippen LogP contribution in [0, 0.1) is 0 Å². The largest absolute Gasteiger partial charge is 0.462 e. The average molecular weight is 982 g/mol. The van der Waals surface area contributed by atoms with Crippen LogP contribution in [0.4, 0.5) is 0 Å². The monoisotopic (exact) mass is 981 g/mol. The van der Waals surface area contributed by atoms with E-state index in [1.165, 1.54) is 51.4 Å². The summed E-state index contributed by atoms with van der Waals surface area (Å²) in [5, 5.41) is 0. The number of unbranched alkanes of at least 4 members (excludes halogenated alkanes) is 17. The summed E-state index contributed by atoms with van der Waals surface area (Å²) >= 11 is 0. The fourth-order valence-corrected chi connectivity index (χ4v) is 7.37. The molecule has 0 amide bonds. The number of hydrogen-bond donors (Lipinski definition) is 0. The van der Waals surface area contributed by atoms with E-state index in [0.717, 1.165) is 141 Å². The minimum Gasteiger partial charge on any atom is -0.462 e. The SMILES string of the molecule is CC/C=C\C/C=C\C/C=C\C/C=C\C/C=C\C/C=C\CCCCC(=O)OCC(COC(=O)CCCCCCC/C=C\CCCCCCCC)OC(=O)CCCCCC/C=C\C/C=C\C/C=C\C/C=C\CC. The zero-order valence-corrected chi connectivity index (χ0v) is 45.7. The van der Waals surface area contributed by atoms with Crippen LogP contribution >= 0.6 is 0 Å². The van der Waals surface area contributed by atoms with E-state index in [-0.39, 0.29) is 37.5 Å². The Labute approximate surface area is 436 Å². The van der Waals surface area contributed by atoms with Gasteiger partial charge in [0.15, 0.2) is 6.10 Å². The van der Waals surface area contributed by atoms with Gasteiger partial charge in [0.1, 0.15) is 13.2 Å². The van der Waals surface area contributed by atoms with Gasteiger partial charge >= 0.3 is 17.9 Å². The van der Waals surface area contributed by atoms with Crippen molar-refractivity contribution in [1.82, 2.24) is 0 Å². The predicted molar refractivity (Wildman–Crippen MR) is 306 cm³/mol. The zero-order valence-electron chi connectivity index (χ0n) is 45.7. The van der Waals surface area contributed by atoms with Gasteiger partial charge in [-0.1, -0.05) is 219 Å². The third-order valence-corrected chi connectivity index (χ3v) is 11.6. The van der Waals surface area contributed by atoms with E-state index in [1.54, 1.807) is 0 Å². The van der Waals surface area contributed by atoms with Crippen molar-refractivity contribution in [2.24, 2.45) is 0 Å². The molecule has 71 heavy (non-hydrogen) atoms. The molecule has 0 rings (SSSR count). The van der Waals surface area contributed by atoms with Crippen LogP contribution in [0.25, 0.3) is 0 Å². The topological polar surface area (TPSA) is 78.9 Å². The van der Waals surface area contributed by atoms with Crippen LogP contribution in [0.15, 0.2) is 134 Å². The van der Waals surface area contributed by atoms with Crippen LogP contribution in [-0.2, 0) is 28.6 Å². The molecule has 0 aliphatic carbocycles. The van der Waals surface area contributed by atoms with Gasteiger partial charge < -0.3 is 14.2 Å². The zero-order chi connectivity index (χ0) is 51.4. The summed E-state index contributed by atoms with van der Waals surface area (Å²) in [6, 6.07) is 0. The van der Waals surface area contributed by atoms with E-state index < -0.39 is 6.10 Å². The quantitative estimate of drug-likeness (QED) is 0.0262. The fourth-order valence-electron chi connectivity index (χ4n) is 7.37. The van der Waals surface area contributed by atoms with E-state index in [0.29, 0.717) is 19.3 Å². The molecule has 0 aromatic heterocycles. The van der Waals surface area contributed by atoms with E-state index in [9.17, 15) is 14.4 Å². The molecule has 6 heteroatoms. The minimum absolute atomic E-state index is 0.111. The van der Waals surface area contributed by atoms with Gasteiger partial charge in [0.05, 0.1) is 0 Å². The normalized spacial score (nSPS) is 13.1. The molecule has 0 aromatic carbocycles. The van der Waals surface area contributed by atoms with Gasteiger partial charge in [-0.25, -0.2) is 0 Å². The second kappa shape index (κ2) is 58.1. The van der Waals surface area contributed by atoms with E-state index in [2.05, 4.69) is 154 Å². The lowest BCUT2D eigenvalue weighted by Gasteiger charge is -2.18. The highest BCUT2D eigenvalue weighted by Crippen LogP contribution is 2.13. The maximum Gasteiger partial charge on any atom is 0.306 e. The standard InChI is InChI=1S/C65H104O6/c1-4-7-10-13-16-19-22-25-28-30-31-32-33-35-37-40-43-46-49-52-55-58-64(67)70-61-62(60-69-63(66)57-54-51-48-45-42-39-36-27-24-21-18-15-12-9-6-3)71-65(68)59-56-53-50-47-44-41-38-34-29-26-23-20-17-14-11-8-5-2/h7-8,10-11,16-17,19-20,25-29,31-32,35-38,41,43,46,62H,4-6,9,12-15,18,21-24,30,33-34,39-40,42,44-45,47-61H2,1-3H3/b10-7-,11-8-,19-16-,20-17-,28-25-,29-26-,32-31-,36-27-,37-35-,41-38-,46-43-. The van der Waals surface area contributed by atoms with Crippen molar-refractivity contribution in [2.45, 2.75) is 245 Å². The molecule has 400 valence electrons. The first-order valence-electron chi connectivity index (χ1n) is 28.7. The summed E-state index contributed by atoms with van der Waals surface area (Å²) < 4.78 is 16.8. The number of carbonyl (C=O) groups excluding carboxylic acids is 3. The molecule has 0 radical (unpaired) electrons. The lowest BCUT2D eigenvalue weighted by atomic mass is 10.1. The molecular formula is C65H104O6. The number of allylic oxidation sites excluding steroid dienone is 22. The number of ether oxygens (including phenoxy) is 3. The van der Waals surface area contributed by atoms with Crippen molar-refractivity contribution < 1.29 is 28.6 Å². The lowest BCUT2D eigenvalue weighted by Crippen LogP contribution is -2.30. The van der Waals surface area contributed by atoms with Crippen LogP contribution in [0.1, 0.15) is 239 Å². The lowest BCUT2D eigenvalue weighted by molar-refractivity contribution is -0.167. The maximum absolute atomic E-state index is 12.9. The first-order chi connectivity index (χ1) is 35.0. The highest BCUT2D eigenvalue weighted by molar-refractivity contribution is 5.71. The van der Waals surface area contributed by atoms with Crippen molar-refractivity contribution in [2.75, 3.05) is 13.2 Å². The Morgan fingerprint density at radius 1 is 0.296 bits per heavy atom. The number of hydrogen-bond acceptors (Lipinski definition) is 6. The minimum atomic E-state index is -0.818. The molecule has 0 saturated heterocycles. The molecule has 0 saturated carbocycles. The van der Waals surface area contributed by atoms with Gasteiger partial charge in [-0.15, -0.1) is 0 Å². The second-order valence-corrected chi connectivity index (χ2v) is 18.4. The van der Waals surface area contributed by atoms with Crippen LogP contribution in [-0.4, -0.2) is 37.2 Å². The van der Waals surface area contributed by atoms with Gasteiger partial charge in [0.2, 0.25) is 0 Å². The van der Waals surface area contributed by atoms with Crippen LogP contribution in [0.5, 0.6) is 0 Å². The van der Waals surface area contributed by atoms with Crippen molar-refractivity contribution >= 4 is 17.9 Å². The molecule has 0 aliphatic heterocycles. The van der Waals surface area contributed by atoms with Crippen LogP contribution in [0.3, 0.4) is 0 Å². The van der Waals surface area contributed by atoms with Gasteiger partial charge in [0.25, 0.3) is 0 Å². The third kappa shape index (κ3) is 56.3. The molecule has 1 atom stereocenters. The Bertz CT molecular complexity index is 1550. The van der Waals surface area contributed by atoms with Crippen LogP contribution < -0.4 is 0 Å². The van der Waals surface area contributed by atoms with E-state index in [4.69, 9.17) is 14.2 Å². The van der Waals surface area contributed by atoms with Crippen molar-refractivity contribution in [3.05, 3.63) is 134 Å². The van der Waals surface area contributed by atoms with Gasteiger partial charge in [-0.2, -0.15) is 0 Å². The molecule has 0 N–H and O–H groups in total.